The highest BCUT2D eigenvalue weighted by molar-refractivity contribution is 5.93. The van der Waals surface area contributed by atoms with Gasteiger partial charge in [0.1, 0.15) is 12.2 Å². The van der Waals surface area contributed by atoms with Gasteiger partial charge in [0.25, 0.3) is 5.91 Å². The fourth-order valence-electron chi connectivity index (χ4n) is 1.50. The Morgan fingerprint density at radius 1 is 1.44 bits per heavy atom. The summed E-state index contributed by atoms with van der Waals surface area (Å²) in [4.78, 5) is 29.1. The number of hydrogen-bond acceptors (Lipinski definition) is 4. The van der Waals surface area contributed by atoms with Gasteiger partial charge in [0.2, 0.25) is 5.56 Å². The van der Waals surface area contributed by atoms with Gasteiger partial charge < -0.3 is 10.3 Å². The van der Waals surface area contributed by atoms with Gasteiger partial charge >= 0.3 is 0 Å². The van der Waals surface area contributed by atoms with Crippen LogP contribution in [-0.4, -0.2) is 32.6 Å². The zero-order valence-electron chi connectivity index (χ0n) is 9.64. The number of pyridine rings is 1. The smallest absolute Gasteiger partial charge is 0.251 e. The van der Waals surface area contributed by atoms with E-state index < -0.39 is 0 Å². The van der Waals surface area contributed by atoms with E-state index in [0.29, 0.717) is 12.1 Å². The summed E-state index contributed by atoms with van der Waals surface area (Å²) in [6, 6.07) is 2.83. The number of aromatic nitrogens is 4. The molecular formula is C11H13N5O2. The molecule has 2 rings (SSSR count). The molecule has 0 saturated heterocycles. The highest BCUT2D eigenvalue weighted by atomic mass is 16.2. The van der Waals surface area contributed by atoms with Crippen LogP contribution >= 0.6 is 0 Å². The van der Waals surface area contributed by atoms with Crippen molar-refractivity contribution in [2.75, 3.05) is 6.54 Å². The minimum atomic E-state index is -0.288. The van der Waals surface area contributed by atoms with E-state index >= 15 is 0 Å². The monoisotopic (exact) mass is 247 g/mol. The van der Waals surface area contributed by atoms with Crippen molar-refractivity contribution in [3.8, 4) is 0 Å². The van der Waals surface area contributed by atoms with Gasteiger partial charge in [-0.05, 0) is 12.5 Å². The summed E-state index contributed by atoms with van der Waals surface area (Å²) < 4.78 is 0. The molecule has 0 fully saturated rings. The van der Waals surface area contributed by atoms with Crippen molar-refractivity contribution >= 4 is 5.91 Å². The van der Waals surface area contributed by atoms with Gasteiger partial charge in [-0.1, -0.05) is 0 Å². The van der Waals surface area contributed by atoms with Crippen LogP contribution in [0.4, 0.5) is 0 Å². The largest absolute Gasteiger partial charge is 0.352 e. The zero-order valence-corrected chi connectivity index (χ0v) is 9.64. The molecule has 0 bridgehead atoms. The van der Waals surface area contributed by atoms with Crippen LogP contribution in [0.1, 0.15) is 22.6 Å². The van der Waals surface area contributed by atoms with Crippen molar-refractivity contribution in [3.05, 3.63) is 46.4 Å². The zero-order chi connectivity index (χ0) is 12.8. The Labute approximate surface area is 103 Å². The Bertz CT molecular complexity index is 561. The van der Waals surface area contributed by atoms with Crippen molar-refractivity contribution in [2.24, 2.45) is 0 Å². The minimum Gasteiger partial charge on any atom is -0.352 e. The number of H-pyrrole nitrogens is 2. The number of rotatable bonds is 5. The van der Waals surface area contributed by atoms with Gasteiger partial charge in [-0.3, -0.25) is 14.7 Å². The molecule has 2 aromatic rings. The SMILES string of the molecule is O=C(NCCCc1ncn[nH]1)c1cc[nH]c(=O)c1. The quantitative estimate of drug-likeness (QED) is 0.639. The summed E-state index contributed by atoms with van der Waals surface area (Å²) in [6.07, 6.45) is 4.37. The average molecular weight is 247 g/mol. The first kappa shape index (κ1) is 12.0. The fourth-order valence-corrected chi connectivity index (χ4v) is 1.50. The first-order valence-electron chi connectivity index (χ1n) is 5.57. The summed E-state index contributed by atoms with van der Waals surface area (Å²) in [5.74, 6) is 0.541. The number of nitrogens with one attached hydrogen (secondary N) is 3. The van der Waals surface area contributed by atoms with Crippen molar-refractivity contribution in [1.82, 2.24) is 25.5 Å². The summed E-state index contributed by atoms with van der Waals surface area (Å²) in [6.45, 7) is 0.520. The molecule has 1 amide bonds. The van der Waals surface area contributed by atoms with Gasteiger partial charge in [-0.2, -0.15) is 5.10 Å². The maximum absolute atomic E-state index is 11.7. The Morgan fingerprint density at radius 2 is 2.33 bits per heavy atom. The van der Waals surface area contributed by atoms with E-state index in [1.807, 2.05) is 0 Å². The molecule has 2 aromatic heterocycles. The molecule has 7 nitrogen and oxygen atoms in total. The molecule has 94 valence electrons. The predicted molar refractivity (Wildman–Crippen MR) is 64.1 cm³/mol. The van der Waals surface area contributed by atoms with E-state index in [-0.39, 0.29) is 11.5 Å². The van der Waals surface area contributed by atoms with E-state index in [0.717, 1.165) is 18.7 Å². The van der Waals surface area contributed by atoms with Gasteiger partial charge in [0.05, 0.1) is 0 Å². The lowest BCUT2D eigenvalue weighted by molar-refractivity contribution is 0.0953. The molecule has 0 aliphatic carbocycles. The average Bonchev–Trinajstić information content (AvgIpc) is 2.87. The maximum Gasteiger partial charge on any atom is 0.251 e. The van der Waals surface area contributed by atoms with Crippen molar-refractivity contribution in [1.29, 1.82) is 0 Å². The standard InChI is InChI=1S/C11H13N5O2/c17-10-6-8(3-5-12-10)11(18)13-4-1-2-9-14-7-15-16-9/h3,5-7H,1-2,4H2,(H,12,17)(H,13,18)(H,14,15,16). The van der Waals surface area contributed by atoms with Crippen LogP contribution in [0.5, 0.6) is 0 Å². The molecular weight excluding hydrogens is 234 g/mol. The molecule has 18 heavy (non-hydrogen) atoms. The lowest BCUT2D eigenvalue weighted by Gasteiger charge is -2.03. The van der Waals surface area contributed by atoms with Crippen LogP contribution < -0.4 is 10.9 Å². The minimum absolute atomic E-state index is 0.251. The van der Waals surface area contributed by atoms with Gasteiger partial charge in [-0.25, -0.2) is 4.98 Å². The summed E-state index contributed by atoms with van der Waals surface area (Å²) in [5.41, 5.74) is 0.0720. The second-order valence-corrected chi connectivity index (χ2v) is 3.73. The second kappa shape index (κ2) is 5.76. The van der Waals surface area contributed by atoms with Crippen molar-refractivity contribution < 1.29 is 4.79 Å². The van der Waals surface area contributed by atoms with E-state index in [1.165, 1.54) is 18.6 Å². The molecule has 0 unspecified atom stereocenters. The highest BCUT2D eigenvalue weighted by Crippen LogP contribution is 1.95. The van der Waals surface area contributed by atoms with E-state index in [9.17, 15) is 9.59 Å². The van der Waals surface area contributed by atoms with Crippen molar-refractivity contribution in [3.63, 3.8) is 0 Å². The number of carbonyl (C=O) groups excluding carboxylic acids is 1. The van der Waals surface area contributed by atoms with Crippen LogP contribution in [-0.2, 0) is 6.42 Å². The Morgan fingerprint density at radius 3 is 3.06 bits per heavy atom. The highest BCUT2D eigenvalue weighted by Gasteiger charge is 2.04. The second-order valence-electron chi connectivity index (χ2n) is 3.73. The Hall–Kier alpha value is -2.44. The molecule has 0 atom stereocenters. The molecule has 0 aliphatic heterocycles. The lowest BCUT2D eigenvalue weighted by Crippen LogP contribution is -2.26. The van der Waals surface area contributed by atoms with Crippen LogP contribution in [0.15, 0.2) is 29.5 Å². The molecule has 0 spiro atoms. The number of carbonyl (C=O) groups is 1. The molecule has 0 radical (unpaired) electrons. The van der Waals surface area contributed by atoms with Crippen LogP contribution in [0, 0.1) is 0 Å². The third-order valence-electron chi connectivity index (χ3n) is 2.38. The molecule has 0 aromatic carbocycles. The number of aryl methyl sites for hydroxylation is 1. The molecule has 3 N–H and O–H groups in total. The molecule has 0 saturated carbocycles. The third-order valence-corrected chi connectivity index (χ3v) is 2.38. The third kappa shape index (κ3) is 3.27. The Kier molecular flexibility index (Phi) is 3.85. The number of amides is 1. The van der Waals surface area contributed by atoms with Crippen LogP contribution in [0.2, 0.25) is 0 Å². The Balaban J connectivity index is 1.77. The number of hydrogen-bond donors (Lipinski definition) is 3. The molecule has 7 heteroatoms. The topological polar surface area (TPSA) is 104 Å². The van der Waals surface area contributed by atoms with E-state index in [1.54, 1.807) is 6.07 Å². The van der Waals surface area contributed by atoms with Gasteiger partial charge in [0.15, 0.2) is 0 Å². The number of aromatic amines is 2. The summed E-state index contributed by atoms with van der Waals surface area (Å²) in [7, 11) is 0. The lowest BCUT2D eigenvalue weighted by atomic mass is 10.2. The van der Waals surface area contributed by atoms with E-state index in [4.69, 9.17) is 0 Å². The number of nitrogens with zero attached hydrogens (tertiary/aromatic N) is 2. The predicted octanol–water partition coefficient (Wildman–Crippen LogP) is -0.144. The van der Waals surface area contributed by atoms with Crippen LogP contribution in [0.3, 0.4) is 0 Å². The molecule has 0 aliphatic rings. The normalized spacial score (nSPS) is 10.2. The first-order chi connectivity index (χ1) is 8.75. The molecule has 2 heterocycles. The maximum atomic E-state index is 11.7. The van der Waals surface area contributed by atoms with Crippen LogP contribution in [0.25, 0.3) is 0 Å². The summed E-state index contributed by atoms with van der Waals surface area (Å²) in [5, 5.41) is 9.21. The summed E-state index contributed by atoms with van der Waals surface area (Å²) >= 11 is 0. The first-order valence-corrected chi connectivity index (χ1v) is 5.57. The fraction of sp³-hybridized carbons (Fsp3) is 0.273. The van der Waals surface area contributed by atoms with E-state index in [2.05, 4.69) is 25.5 Å². The van der Waals surface area contributed by atoms with Crippen molar-refractivity contribution in [2.45, 2.75) is 12.8 Å². The van der Waals surface area contributed by atoms with Gasteiger partial charge in [-0.15, -0.1) is 0 Å². The van der Waals surface area contributed by atoms with Gasteiger partial charge in [0, 0.05) is 30.8 Å².